The van der Waals surface area contributed by atoms with Crippen LogP contribution in [-0.2, 0) is 13.0 Å². The number of hydrogen-bond acceptors (Lipinski definition) is 4. The first-order chi connectivity index (χ1) is 9.06. The SMILES string of the molecule is CC(C)Cn1ncnc1CC(=O)c1cncc(F)c1. The molecule has 2 heterocycles. The number of hydrogen-bond donors (Lipinski definition) is 0. The summed E-state index contributed by atoms with van der Waals surface area (Å²) in [5, 5.41) is 4.08. The molecule has 0 radical (unpaired) electrons. The van der Waals surface area contributed by atoms with Crippen LogP contribution in [0.4, 0.5) is 4.39 Å². The van der Waals surface area contributed by atoms with Gasteiger partial charge in [0.15, 0.2) is 5.78 Å². The van der Waals surface area contributed by atoms with Crippen molar-refractivity contribution in [3.05, 3.63) is 42.0 Å². The number of nitrogens with zero attached hydrogens (tertiary/aromatic N) is 4. The van der Waals surface area contributed by atoms with Gasteiger partial charge in [-0.15, -0.1) is 0 Å². The summed E-state index contributed by atoms with van der Waals surface area (Å²) in [6.45, 7) is 4.82. The Morgan fingerprint density at radius 2 is 2.21 bits per heavy atom. The van der Waals surface area contributed by atoms with E-state index in [4.69, 9.17) is 0 Å². The third-order valence-corrected chi connectivity index (χ3v) is 2.58. The summed E-state index contributed by atoms with van der Waals surface area (Å²) in [5.74, 6) is 0.258. The van der Waals surface area contributed by atoms with Gasteiger partial charge in [0.2, 0.25) is 0 Å². The molecular formula is C13H15FN4O. The van der Waals surface area contributed by atoms with Crippen LogP contribution in [0, 0.1) is 11.7 Å². The lowest BCUT2D eigenvalue weighted by molar-refractivity contribution is 0.0988. The van der Waals surface area contributed by atoms with Gasteiger partial charge in [-0.1, -0.05) is 13.8 Å². The van der Waals surface area contributed by atoms with E-state index in [1.165, 1.54) is 18.6 Å². The minimum Gasteiger partial charge on any atom is -0.294 e. The molecule has 0 saturated heterocycles. The molecule has 19 heavy (non-hydrogen) atoms. The average Bonchev–Trinajstić information content (AvgIpc) is 2.75. The molecule has 0 saturated carbocycles. The lowest BCUT2D eigenvalue weighted by Crippen LogP contribution is -2.14. The molecule has 5 nitrogen and oxygen atoms in total. The fourth-order valence-electron chi connectivity index (χ4n) is 1.73. The fraction of sp³-hybridized carbons (Fsp3) is 0.385. The van der Waals surface area contributed by atoms with Crippen LogP contribution < -0.4 is 0 Å². The van der Waals surface area contributed by atoms with Crippen LogP contribution in [0.3, 0.4) is 0 Å². The summed E-state index contributed by atoms with van der Waals surface area (Å²) in [6.07, 6.45) is 3.94. The topological polar surface area (TPSA) is 60.7 Å². The van der Waals surface area contributed by atoms with Crippen LogP contribution in [0.1, 0.15) is 30.0 Å². The number of halogens is 1. The van der Waals surface area contributed by atoms with Crippen LogP contribution in [0.5, 0.6) is 0 Å². The molecule has 0 aliphatic rings. The summed E-state index contributed by atoms with van der Waals surface area (Å²) in [5.41, 5.74) is 0.249. The molecule has 0 fully saturated rings. The molecule has 2 aromatic heterocycles. The van der Waals surface area contributed by atoms with Crippen LogP contribution in [0.15, 0.2) is 24.8 Å². The van der Waals surface area contributed by atoms with Crippen LogP contribution in [0.25, 0.3) is 0 Å². The van der Waals surface area contributed by atoms with Gasteiger partial charge in [-0.3, -0.25) is 9.78 Å². The molecule has 0 aliphatic heterocycles. The van der Waals surface area contributed by atoms with E-state index < -0.39 is 5.82 Å². The van der Waals surface area contributed by atoms with Crippen molar-refractivity contribution >= 4 is 5.78 Å². The molecule has 0 atom stereocenters. The number of Topliss-reactive ketones (excluding diaryl/α,β-unsaturated/α-hetero) is 1. The van der Waals surface area contributed by atoms with E-state index in [1.807, 2.05) is 0 Å². The first-order valence-corrected chi connectivity index (χ1v) is 6.06. The Morgan fingerprint density at radius 1 is 1.42 bits per heavy atom. The third-order valence-electron chi connectivity index (χ3n) is 2.58. The molecule has 2 rings (SSSR count). The zero-order chi connectivity index (χ0) is 13.8. The van der Waals surface area contributed by atoms with Crippen LogP contribution >= 0.6 is 0 Å². The number of carbonyl (C=O) groups is 1. The first kappa shape index (κ1) is 13.3. The molecule has 0 aliphatic carbocycles. The number of pyridine rings is 1. The molecular weight excluding hydrogens is 247 g/mol. The van der Waals surface area contributed by atoms with Crippen LogP contribution in [0.2, 0.25) is 0 Å². The van der Waals surface area contributed by atoms with Gasteiger partial charge < -0.3 is 0 Å². The Morgan fingerprint density at radius 3 is 2.89 bits per heavy atom. The Bertz CT molecular complexity index is 580. The molecule has 2 aromatic rings. The summed E-state index contributed by atoms with van der Waals surface area (Å²) in [7, 11) is 0. The Balaban J connectivity index is 2.13. The van der Waals surface area contributed by atoms with Gasteiger partial charge in [-0.25, -0.2) is 14.1 Å². The molecule has 100 valence electrons. The number of aromatic nitrogens is 4. The molecule has 0 aromatic carbocycles. The monoisotopic (exact) mass is 262 g/mol. The Kier molecular flexibility index (Phi) is 3.99. The normalized spacial score (nSPS) is 10.9. The van der Waals surface area contributed by atoms with Crippen molar-refractivity contribution in [3.8, 4) is 0 Å². The van der Waals surface area contributed by atoms with E-state index in [9.17, 15) is 9.18 Å². The number of ketones is 1. The molecule has 0 bridgehead atoms. The van der Waals surface area contributed by atoms with Gasteiger partial charge in [0, 0.05) is 18.3 Å². The molecule has 6 heteroatoms. The predicted molar refractivity (Wildman–Crippen MR) is 67.1 cm³/mol. The van der Waals surface area contributed by atoms with Crippen molar-refractivity contribution in [2.45, 2.75) is 26.8 Å². The molecule has 0 unspecified atom stereocenters. The van der Waals surface area contributed by atoms with E-state index in [0.717, 1.165) is 6.20 Å². The van der Waals surface area contributed by atoms with Crippen molar-refractivity contribution in [1.29, 1.82) is 0 Å². The average molecular weight is 262 g/mol. The number of rotatable bonds is 5. The van der Waals surface area contributed by atoms with Gasteiger partial charge in [0.1, 0.15) is 18.0 Å². The minimum absolute atomic E-state index is 0.0951. The minimum atomic E-state index is -0.519. The Hall–Kier alpha value is -2.11. The van der Waals surface area contributed by atoms with E-state index >= 15 is 0 Å². The van der Waals surface area contributed by atoms with E-state index in [-0.39, 0.29) is 17.8 Å². The molecule has 0 N–H and O–H groups in total. The third kappa shape index (κ3) is 3.43. The summed E-state index contributed by atoms with van der Waals surface area (Å²) < 4.78 is 14.7. The van der Waals surface area contributed by atoms with Crippen LogP contribution in [-0.4, -0.2) is 25.5 Å². The predicted octanol–water partition coefficient (Wildman–Crippen LogP) is 1.89. The summed E-state index contributed by atoms with van der Waals surface area (Å²) in [6, 6.07) is 1.18. The second-order valence-electron chi connectivity index (χ2n) is 4.74. The van der Waals surface area contributed by atoms with Gasteiger partial charge in [-0.2, -0.15) is 5.10 Å². The second kappa shape index (κ2) is 5.69. The zero-order valence-electron chi connectivity index (χ0n) is 10.9. The van der Waals surface area contributed by atoms with Crippen molar-refractivity contribution < 1.29 is 9.18 Å². The standard InChI is InChI=1S/C13H15FN4O/c1-9(2)7-18-13(16-8-17-18)4-12(19)10-3-11(14)6-15-5-10/h3,5-6,8-9H,4,7H2,1-2H3. The van der Waals surface area contributed by atoms with Crippen molar-refractivity contribution in [2.24, 2.45) is 5.92 Å². The summed E-state index contributed by atoms with van der Waals surface area (Å²) in [4.78, 5) is 19.8. The molecule has 0 amide bonds. The van der Waals surface area contributed by atoms with Gasteiger partial charge in [-0.05, 0) is 12.0 Å². The van der Waals surface area contributed by atoms with E-state index in [2.05, 4.69) is 28.9 Å². The maximum Gasteiger partial charge on any atom is 0.172 e. The summed E-state index contributed by atoms with van der Waals surface area (Å²) >= 11 is 0. The van der Waals surface area contributed by atoms with E-state index in [0.29, 0.717) is 18.3 Å². The van der Waals surface area contributed by atoms with Crippen molar-refractivity contribution in [1.82, 2.24) is 19.7 Å². The van der Waals surface area contributed by atoms with E-state index in [1.54, 1.807) is 4.68 Å². The van der Waals surface area contributed by atoms with Gasteiger partial charge in [0.05, 0.1) is 12.6 Å². The van der Waals surface area contributed by atoms with Gasteiger partial charge >= 0.3 is 0 Å². The lowest BCUT2D eigenvalue weighted by Gasteiger charge is -2.07. The van der Waals surface area contributed by atoms with Crippen molar-refractivity contribution in [3.63, 3.8) is 0 Å². The second-order valence-corrected chi connectivity index (χ2v) is 4.74. The van der Waals surface area contributed by atoms with Crippen molar-refractivity contribution in [2.75, 3.05) is 0 Å². The maximum absolute atomic E-state index is 13.0. The highest BCUT2D eigenvalue weighted by Crippen LogP contribution is 2.08. The highest BCUT2D eigenvalue weighted by molar-refractivity contribution is 5.96. The quantitative estimate of drug-likeness (QED) is 0.772. The maximum atomic E-state index is 13.0. The Labute approximate surface area is 110 Å². The fourth-order valence-corrected chi connectivity index (χ4v) is 1.73. The smallest absolute Gasteiger partial charge is 0.172 e. The highest BCUT2D eigenvalue weighted by Gasteiger charge is 2.13. The van der Waals surface area contributed by atoms with Gasteiger partial charge in [0.25, 0.3) is 0 Å². The molecule has 0 spiro atoms. The first-order valence-electron chi connectivity index (χ1n) is 6.06. The largest absolute Gasteiger partial charge is 0.294 e. The lowest BCUT2D eigenvalue weighted by atomic mass is 10.1. The highest BCUT2D eigenvalue weighted by atomic mass is 19.1. The zero-order valence-corrected chi connectivity index (χ0v) is 10.9. The number of carbonyl (C=O) groups excluding carboxylic acids is 1.